The van der Waals surface area contributed by atoms with Crippen molar-refractivity contribution in [2.45, 2.75) is 20.8 Å². The Kier molecular flexibility index (Phi) is 4.11. The monoisotopic (exact) mass is 347 g/mol. The number of benzene rings is 1. The maximum atomic E-state index is 11.1. The first kappa shape index (κ1) is 16.8. The highest BCUT2D eigenvalue weighted by Gasteiger charge is 2.18. The van der Waals surface area contributed by atoms with Gasteiger partial charge in [-0.1, -0.05) is 12.1 Å². The Morgan fingerprint density at radius 3 is 2.52 bits per heavy atom. The van der Waals surface area contributed by atoms with Crippen LogP contribution in [0.2, 0.25) is 0 Å². The maximum Gasteiger partial charge on any atom is 0.270 e. The van der Waals surface area contributed by atoms with Crippen LogP contribution in [0.5, 0.6) is 0 Å². The third-order valence-electron chi connectivity index (χ3n) is 4.64. The van der Waals surface area contributed by atoms with E-state index < -0.39 is 4.92 Å². The third kappa shape index (κ3) is 2.69. The van der Waals surface area contributed by atoms with Crippen molar-refractivity contribution >= 4 is 32.1 Å². The molecule has 0 spiro atoms. The fourth-order valence-electron chi connectivity index (χ4n) is 3.02. The van der Waals surface area contributed by atoms with E-state index in [9.17, 15) is 10.1 Å². The second-order valence-corrected chi connectivity index (χ2v) is 7.00. The lowest BCUT2D eigenvalue weighted by molar-refractivity contribution is -0.384. The highest BCUT2D eigenvalue weighted by molar-refractivity contribution is 6.33. The van der Waals surface area contributed by atoms with Crippen molar-refractivity contribution in [3.63, 3.8) is 0 Å². The first-order valence-corrected chi connectivity index (χ1v) is 8.84. The molecule has 2 aromatic heterocycles. The number of rotatable bonds is 2. The minimum atomic E-state index is -0.406. The minimum Gasteiger partial charge on any atom is -0.258 e. The van der Waals surface area contributed by atoms with Crippen LogP contribution in [0.25, 0.3) is 22.2 Å². The Morgan fingerprint density at radius 2 is 1.88 bits per heavy atom. The van der Waals surface area contributed by atoms with Crippen LogP contribution in [0.4, 0.5) is 5.69 Å². The minimum absolute atomic E-state index is 0.0314. The molecular formula is C19H17N3O2Si. The van der Waals surface area contributed by atoms with E-state index in [-0.39, 0.29) is 5.69 Å². The van der Waals surface area contributed by atoms with E-state index in [4.69, 9.17) is 11.4 Å². The predicted octanol–water partition coefficient (Wildman–Crippen LogP) is 2.10. The van der Waals surface area contributed by atoms with E-state index >= 15 is 0 Å². The number of fused-ring (bicyclic) bond motifs is 1. The van der Waals surface area contributed by atoms with Crippen LogP contribution in [0.15, 0.2) is 24.3 Å². The summed E-state index contributed by atoms with van der Waals surface area (Å²) in [5.41, 5.74) is 5.81. The molecule has 0 saturated carbocycles. The summed E-state index contributed by atoms with van der Waals surface area (Å²) in [5.74, 6) is 2.63. The SMILES string of the molecule is C#Cc1nc2c(-c3cccc([N+](=O)[O-])c3)nc([SiH3])c(C)c2c(C)c1C. The van der Waals surface area contributed by atoms with Gasteiger partial charge in [0.25, 0.3) is 5.69 Å². The number of aromatic nitrogens is 2. The van der Waals surface area contributed by atoms with E-state index in [0.717, 1.165) is 37.6 Å². The van der Waals surface area contributed by atoms with Gasteiger partial charge >= 0.3 is 0 Å². The second kappa shape index (κ2) is 6.11. The van der Waals surface area contributed by atoms with Crippen LogP contribution >= 0.6 is 0 Å². The molecule has 0 saturated heterocycles. The van der Waals surface area contributed by atoms with E-state index in [1.165, 1.54) is 12.1 Å². The lowest BCUT2D eigenvalue weighted by Crippen LogP contribution is -2.16. The highest BCUT2D eigenvalue weighted by atomic mass is 28.1. The molecule has 6 heteroatoms. The van der Waals surface area contributed by atoms with Crippen LogP contribution in [0.3, 0.4) is 0 Å². The molecule has 3 aromatic rings. The molecule has 0 radical (unpaired) electrons. The van der Waals surface area contributed by atoms with Crippen molar-refractivity contribution in [3.8, 4) is 23.6 Å². The first-order valence-electron chi connectivity index (χ1n) is 7.84. The van der Waals surface area contributed by atoms with E-state index in [1.807, 2.05) is 26.8 Å². The van der Waals surface area contributed by atoms with Gasteiger partial charge in [0, 0.05) is 28.4 Å². The van der Waals surface area contributed by atoms with Crippen molar-refractivity contribution in [2.24, 2.45) is 0 Å². The van der Waals surface area contributed by atoms with Crippen LogP contribution in [0.1, 0.15) is 22.4 Å². The summed E-state index contributed by atoms with van der Waals surface area (Å²) in [6.07, 6.45) is 5.62. The molecule has 25 heavy (non-hydrogen) atoms. The average Bonchev–Trinajstić information content (AvgIpc) is 2.60. The fraction of sp³-hybridized carbons (Fsp3) is 0.158. The quantitative estimate of drug-likeness (QED) is 0.308. The van der Waals surface area contributed by atoms with E-state index in [2.05, 4.69) is 10.9 Å². The summed E-state index contributed by atoms with van der Waals surface area (Å²) < 4.78 is 0. The van der Waals surface area contributed by atoms with Gasteiger partial charge < -0.3 is 0 Å². The predicted molar refractivity (Wildman–Crippen MR) is 103 cm³/mol. The van der Waals surface area contributed by atoms with Gasteiger partial charge in [-0.3, -0.25) is 15.1 Å². The molecule has 0 fully saturated rings. The van der Waals surface area contributed by atoms with Crippen LogP contribution < -0.4 is 5.32 Å². The third-order valence-corrected chi connectivity index (χ3v) is 5.62. The Balaban J connectivity index is 2.46. The summed E-state index contributed by atoms with van der Waals surface area (Å²) in [7, 11) is 0.772. The van der Waals surface area contributed by atoms with Crippen molar-refractivity contribution in [2.75, 3.05) is 0 Å². The van der Waals surface area contributed by atoms with Crippen LogP contribution in [-0.2, 0) is 0 Å². The van der Waals surface area contributed by atoms with Gasteiger partial charge in [0.2, 0.25) is 0 Å². The van der Waals surface area contributed by atoms with Gasteiger partial charge in [0.05, 0.1) is 26.4 Å². The summed E-state index contributed by atoms with van der Waals surface area (Å²) >= 11 is 0. The number of nitrogens with zero attached hydrogens (tertiary/aromatic N) is 3. The molecule has 0 unspecified atom stereocenters. The Morgan fingerprint density at radius 1 is 1.16 bits per heavy atom. The Bertz CT molecular complexity index is 1080. The van der Waals surface area contributed by atoms with Crippen molar-refractivity contribution in [1.82, 2.24) is 9.97 Å². The molecule has 2 heterocycles. The number of non-ortho nitro benzene ring substituents is 1. The zero-order valence-electron chi connectivity index (χ0n) is 14.5. The molecule has 0 atom stereocenters. The van der Waals surface area contributed by atoms with Gasteiger partial charge in [-0.15, -0.1) is 6.42 Å². The second-order valence-electron chi connectivity index (χ2n) is 6.06. The number of aryl methyl sites for hydroxylation is 2. The lowest BCUT2D eigenvalue weighted by Gasteiger charge is -2.15. The molecule has 0 aliphatic carbocycles. The van der Waals surface area contributed by atoms with Gasteiger partial charge in [0.1, 0.15) is 5.69 Å². The lowest BCUT2D eigenvalue weighted by atomic mass is 9.97. The standard InChI is InChI=1S/C19H17N3O2Si/c1-5-15-10(2)11(3)16-12(4)19(25)21-17(18(16)20-15)13-7-6-8-14(9-13)22(23)24/h1,6-9H,2-4,25H3. The van der Waals surface area contributed by atoms with E-state index in [0.29, 0.717) is 22.5 Å². The molecule has 5 nitrogen and oxygen atoms in total. The summed E-state index contributed by atoms with van der Waals surface area (Å²) in [5, 5.41) is 13.2. The molecule has 0 amide bonds. The Labute approximate surface area is 148 Å². The molecule has 0 bridgehead atoms. The molecule has 124 valence electrons. The largest absolute Gasteiger partial charge is 0.270 e. The van der Waals surface area contributed by atoms with Crippen LogP contribution in [0, 0.1) is 43.2 Å². The maximum absolute atomic E-state index is 11.1. The number of nitro benzene ring substituents is 1. The fourth-order valence-corrected chi connectivity index (χ4v) is 3.49. The normalized spacial score (nSPS) is 10.8. The van der Waals surface area contributed by atoms with Gasteiger partial charge in [0.15, 0.2) is 0 Å². The molecular weight excluding hydrogens is 330 g/mol. The highest BCUT2D eigenvalue weighted by Crippen LogP contribution is 2.32. The summed E-state index contributed by atoms with van der Waals surface area (Å²) in [4.78, 5) is 20.1. The number of hydrogen-bond acceptors (Lipinski definition) is 4. The van der Waals surface area contributed by atoms with Gasteiger partial charge in [-0.2, -0.15) is 0 Å². The van der Waals surface area contributed by atoms with Gasteiger partial charge in [-0.25, -0.2) is 4.98 Å². The van der Waals surface area contributed by atoms with Crippen molar-refractivity contribution in [3.05, 3.63) is 56.8 Å². The number of nitro groups is 1. The molecule has 0 N–H and O–H groups in total. The number of hydrogen-bond donors (Lipinski definition) is 0. The van der Waals surface area contributed by atoms with Gasteiger partial charge in [-0.05, 0) is 43.4 Å². The molecule has 0 aliphatic heterocycles. The number of pyridine rings is 2. The summed E-state index contributed by atoms with van der Waals surface area (Å²) in [6.45, 7) is 6.04. The molecule has 3 rings (SSSR count). The zero-order chi connectivity index (χ0) is 18.3. The summed E-state index contributed by atoms with van der Waals surface area (Å²) in [6, 6.07) is 6.48. The van der Waals surface area contributed by atoms with Crippen molar-refractivity contribution in [1.29, 1.82) is 0 Å². The first-order chi connectivity index (χ1) is 11.8. The molecule has 1 aromatic carbocycles. The van der Waals surface area contributed by atoms with E-state index in [1.54, 1.807) is 6.07 Å². The Hall–Kier alpha value is -3.04. The average molecular weight is 347 g/mol. The topological polar surface area (TPSA) is 68.9 Å². The smallest absolute Gasteiger partial charge is 0.258 e. The van der Waals surface area contributed by atoms with Crippen LogP contribution in [-0.4, -0.2) is 25.1 Å². The zero-order valence-corrected chi connectivity index (χ0v) is 16.5. The molecule has 0 aliphatic rings. The van der Waals surface area contributed by atoms with Crippen molar-refractivity contribution < 1.29 is 4.92 Å². The number of terminal acetylenes is 1.